The van der Waals surface area contributed by atoms with E-state index in [0.29, 0.717) is 12.5 Å². The lowest BCUT2D eigenvalue weighted by molar-refractivity contribution is -0.137. The topological polar surface area (TPSA) is 32.8 Å². The number of nitrogens with zero attached hydrogens (tertiary/aromatic N) is 2. The average molecular weight is 304 g/mol. The molecular weight excluding hydrogens is 276 g/mol. The van der Waals surface area contributed by atoms with E-state index in [4.69, 9.17) is 4.74 Å². The van der Waals surface area contributed by atoms with Gasteiger partial charge in [-0.15, -0.1) is 0 Å². The Hall–Kier alpha value is -1.55. The summed E-state index contributed by atoms with van der Waals surface area (Å²) in [5.74, 6) is 1.09. The van der Waals surface area contributed by atoms with E-state index in [1.165, 1.54) is 0 Å². The minimum absolute atomic E-state index is 0.0819. The van der Waals surface area contributed by atoms with Crippen molar-refractivity contribution < 1.29 is 9.53 Å². The summed E-state index contributed by atoms with van der Waals surface area (Å²) in [4.78, 5) is 17.1. The number of allylic oxidation sites excluding steroid dienone is 3. The maximum absolute atomic E-state index is 12.8. The van der Waals surface area contributed by atoms with Gasteiger partial charge in [0.05, 0.1) is 12.5 Å². The molecule has 2 saturated heterocycles. The summed E-state index contributed by atoms with van der Waals surface area (Å²) in [6, 6.07) is 0. The van der Waals surface area contributed by atoms with Crippen LogP contribution in [0.15, 0.2) is 36.1 Å². The van der Waals surface area contributed by atoms with Crippen molar-refractivity contribution in [1.29, 1.82) is 0 Å². The van der Waals surface area contributed by atoms with Crippen molar-refractivity contribution in [2.45, 2.75) is 26.2 Å². The van der Waals surface area contributed by atoms with Crippen molar-refractivity contribution >= 4 is 5.91 Å². The molecule has 4 nitrogen and oxygen atoms in total. The van der Waals surface area contributed by atoms with E-state index in [-0.39, 0.29) is 5.41 Å². The Bertz CT molecular complexity index is 485. The second-order valence-electron chi connectivity index (χ2n) is 6.55. The van der Waals surface area contributed by atoms with Gasteiger partial charge in [-0.2, -0.15) is 0 Å². The normalized spacial score (nSPS) is 23.2. The van der Waals surface area contributed by atoms with Crippen molar-refractivity contribution in [3.8, 4) is 0 Å². The van der Waals surface area contributed by atoms with Gasteiger partial charge in [-0.25, -0.2) is 0 Å². The lowest BCUT2D eigenvalue weighted by Gasteiger charge is -2.36. The second-order valence-corrected chi connectivity index (χ2v) is 6.55. The Balaban J connectivity index is 1.97. The van der Waals surface area contributed by atoms with Crippen LogP contribution in [0.2, 0.25) is 0 Å². The van der Waals surface area contributed by atoms with Crippen LogP contribution in [0, 0.1) is 5.41 Å². The van der Waals surface area contributed by atoms with Crippen molar-refractivity contribution in [1.82, 2.24) is 9.80 Å². The van der Waals surface area contributed by atoms with Crippen molar-refractivity contribution in [3.63, 3.8) is 0 Å². The second kappa shape index (κ2) is 7.14. The molecular formula is C18H28N2O2. The zero-order chi connectivity index (χ0) is 16.2. The number of methoxy groups -OCH3 is 1. The van der Waals surface area contributed by atoms with Gasteiger partial charge in [-0.1, -0.05) is 18.2 Å². The van der Waals surface area contributed by atoms with Gasteiger partial charge in [0.1, 0.15) is 5.76 Å². The van der Waals surface area contributed by atoms with E-state index >= 15 is 0 Å². The highest BCUT2D eigenvalue weighted by molar-refractivity contribution is 5.85. The standard InChI is InChI=1S/C18H28N2O2/c1-5-16(22-4)7-6-15(2)14-20-13-10-18(17(20)21)8-11-19(3)12-9-18/h5-7H,1,8-14H2,2-4H3/b15-6+,16-7+. The Morgan fingerprint density at radius 1 is 1.27 bits per heavy atom. The first kappa shape index (κ1) is 16.8. The van der Waals surface area contributed by atoms with Crippen LogP contribution < -0.4 is 0 Å². The molecule has 0 N–H and O–H groups in total. The predicted molar refractivity (Wildman–Crippen MR) is 89.4 cm³/mol. The van der Waals surface area contributed by atoms with Gasteiger partial charge in [-0.3, -0.25) is 4.79 Å². The fraction of sp³-hybridized carbons (Fsp3) is 0.611. The van der Waals surface area contributed by atoms with Crippen molar-refractivity contribution in [2.75, 3.05) is 40.3 Å². The van der Waals surface area contributed by atoms with Crippen LogP contribution in [-0.4, -0.2) is 56.0 Å². The molecule has 2 aliphatic heterocycles. The van der Waals surface area contributed by atoms with Crippen LogP contribution >= 0.6 is 0 Å². The number of likely N-dealkylation sites (tertiary alicyclic amines) is 2. The van der Waals surface area contributed by atoms with Gasteiger partial charge in [0.2, 0.25) is 5.91 Å². The fourth-order valence-corrected chi connectivity index (χ4v) is 3.35. The first-order valence-corrected chi connectivity index (χ1v) is 8.02. The lowest BCUT2D eigenvalue weighted by atomic mass is 9.77. The molecule has 2 aliphatic rings. The zero-order valence-corrected chi connectivity index (χ0v) is 14.1. The molecule has 0 aliphatic carbocycles. The molecule has 0 radical (unpaired) electrons. The number of piperidine rings is 1. The number of carbonyl (C=O) groups excluding carboxylic acids is 1. The van der Waals surface area contributed by atoms with Gasteiger partial charge in [0.25, 0.3) is 0 Å². The highest BCUT2D eigenvalue weighted by atomic mass is 16.5. The summed E-state index contributed by atoms with van der Waals surface area (Å²) in [7, 11) is 3.76. The Kier molecular flexibility index (Phi) is 5.46. The minimum Gasteiger partial charge on any atom is -0.497 e. The summed E-state index contributed by atoms with van der Waals surface area (Å²) >= 11 is 0. The molecule has 2 heterocycles. The highest BCUT2D eigenvalue weighted by Crippen LogP contribution is 2.41. The van der Waals surface area contributed by atoms with E-state index < -0.39 is 0 Å². The van der Waals surface area contributed by atoms with E-state index in [1.54, 1.807) is 13.2 Å². The SMILES string of the molecule is C=C/C(=C\C=C(/C)CN1CCC2(CCN(C)CC2)C1=O)OC. The van der Waals surface area contributed by atoms with Gasteiger partial charge < -0.3 is 14.5 Å². The Labute approximate surface area is 134 Å². The third kappa shape index (κ3) is 3.61. The molecule has 0 aromatic heterocycles. The molecule has 4 heteroatoms. The zero-order valence-electron chi connectivity index (χ0n) is 14.1. The Morgan fingerprint density at radius 2 is 1.91 bits per heavy atom. The molecule has 0 bridgehead atoms. The van der Waals surface area contributed by atoms with Crippen LogP contribution in [0.25, 0.3) is 0 Å². The molecule has 22 heavy (non-hydrogen) atoms. The highest BCUT2D eigenvalue weighted by Gasteiger charge is 2.47. The van der Waals surface area contributed by atoms with Gasteiger partial charge >= 0.3 is 0 Å². The molecule has 0 aromatic carbocycles. The molecule has 0 aromatic rings. The predicted octanol–water partition coefficient (Wildman–Crippen LogP) is 2.59. The smallest absolute Gasteiger partial charge is 0.229 e. The summed E-state index contributed by atoms with van der Waals surface area (Å²) in [5.41, 5.74) is 1.08. The fourth-order valence-electron chi connectivity index (χ4n) is 3.35. The molecule has 122 valence electrons. The largest absolute Gasteiger partial charge is 0.497 e. The van der Waals surface area contributed by atoms with E-state index in [9.17, 15) is 4.79 Å². The quantitative estimate of drug-likeness (QED) is 0.578. The number of hydrogen-bond acceptors (Lipinski definition) is 3. The average Bonchev–Trinajstić information content (AvgIpc) is 2.81. The number of ether oxygens (including phenoxy) is 1. The van der Waals surface area contributed by atoms with Crippen LogP contribution in [0.3, 0.4) is 0 Å². The molecule has 2 rings (SSSR count). The number of hydrogen-bond donors (Lipinski definition) is 0. The summed E-state index contributed by atoms with van der Waals surface area (Å²) < 4.78 is 5.15. The van der Waals surface area contributed by atoms with E-state index in [2.05, 4.69) is 25.5 Å². The van der Waals surface area contributed by atoms with Gasteiger partial charge in [-0.05, 0) is 58.5 Å². The van der Waals surface area contributed by atoms with Gasteiger partial charge in [0.15, 0.2) is 0 Å². The van der Waals surface area contributed by atoms with E-state index in [0.717, 1.165) is 50.2 Å². The first-order valence-electron chi connectivity index (χ1n) is 8.02. The Morgan fingerprint density at radius 3 is 2.50 bits per heavy atom. The third-order valence-electron chi connectivity index (χ3n) is 4.95. The van der Waals surface area contributed by atoms with Crippen molar-refractivity contribution in [3.05, 3.63) is 36.1 Å². The first-order chi connectivity index (χ1) is 10.5. The molecule has 1 spiro atoms. The molecule has 1 amide bonds. The summed E-state index contributed by atoms with van der Waals surface area (Å²) in [6.07, 6.45) is 8.61. The summed E-state index contributed by atoms with van der Waals surface area (Å²) in [6.45, 7) is 9.42. The summed E-state index contributed by atoms with van der Waals surface area (Å²) in [5, 5.41) is 0. The number of rotatable bonds is 5. The maximum Gasteiger partial charge on any atom is 0.229 e. The number of carbonyl (C=O) groups is 1. The lowest BCUT2D eigenvalue weighted by Crippen LogP contribution is -2.43. The maximum atomic E-state index is 12.8. The monoisotopic (exact) mass is 304 g/mol. The number of amides is 1. The molecule has 0 saturated carbocycles. The van der Waals surface area contributed by atoms with Crippen LogP contribution in [0.4, 0.5) is 0 Å². The molecule has 0 unspecified atom stereocenters. The van der Waals surface area contributed by atoms with Crippen LogP contribution in [0.1, 0.15) is 26.2 Å². The van der Waals surface area contributed by atoms with E-state index in [1.807, 2.05) is 17.1 Å². The van der Waals surface area contributed by atoms with Gasteiger partial charge in [0, 0.05) is 13.1 Å². The van der Waals surface area contributed by atoms with Crippen LogP contribution in [-0.2, 0) is 9.53 Å². The van der Waals surface area contributed by atoms with Crippen molar-refractivity contribution in [2.24, 2.45) is 5.41 Å². The minimum atomic E-state index is -0.0819. The third-order valence-corrected chi connectivity index (χ3v) is 4.95. The van der Waals surface area contributed by atoms with Crippen LogP contribution in [0.5, 0.6) is 0 Å². The molecule has 2 fully saturated rings. The molecule has 0 atom stereocenters.